The number of rotatable bonds is 5. The average Bonchev–Trinajstić information content (AvgIpc) is 3.19. The maximum Gasteiger partial charge on any atom is 0.422 e. The first kappa shape index (κ1) is 23.7. The fourth-order valence-electron chi connectivity index (χ4n) is 2.49. The zero-order chi connectivity index (χ0) is 23.8. The monoisotopic (exact) mass is 501 g/mol. The molecule has 0 spiro atoms. The minimum absolute atomic E-state index is 0.0249. The molecular formula is C19H8Cl2F7NO3. The van der Waals surface area contributed by atoms with E-state index in [2.05, 4.69) is 0 Å². The van der Waals surface area contributed by atoms with Crippen molar-refractivity contribution in [3.63, 3.8) is 0 Å². The average molecular weight is 502 g/mol. The number of carbonyl (C=O) groups is 1. The van der Waals surface area contributed by atoms with E-state index in [4.69, 9.17) is 32.4 Å². The van der Waals surface area contributed by atoms with E-state index in [1.54, 1.807) is 6.07 Å². The third-order valence-corrected chi connectivity index (χ3v) is 4.76. The first-order valence-electron chi connectivity index (χ1n) is 8.31. The lowest BCUT2D eigenvalue weighted by atomic mass is 10.1. The smallest absolute Gasteiger partial charge is 0.422 e. The number of alkyl halides is 3. The summed E-state index contributed by atoms with van der Waals surface area (Å²) in [4.78, 5) is 12.1. The number of furan rings is 1. The van der Waals surface area contributed by atoms with E-state index in [-0.39, 0.29) is 28.2 Å². The lowest BCUT2D eigenvalue weighted by molar-refractivity contribution is -0.143. The van der Waals surface area contributed by atoms with Crippen LogP contribution in [0.3, 0.4) is 0 Å². The molecule has 1 heterocycles. The van der Waals surface area contributed by atoms with Gasteiger partial charge in [-0.25, -0.2) is 17.6 Å². The van der Waals surface area contributed by atoms with E-state index >= 15 is 0 Å². The molecule has 4 nitrogen and oxygen atoms in total. The van der Waals surface area contributed by atoms with Gasteiger partial charge in [-0.2, -0.15) is 13.2 Å². The minimum Gasteiger partial charge on any atom is -0.484 e. The number of halogens is 9. The van der Waals surface area contributed by atoms with Crippen LogP contribution in [0, 0.1) is 23.3 Å². The van der Waals surface area contributed by atoms with Crippen LogP contribution in [-0.4, -0.2) is 5.91 Å². The van der Waals surface area contributed by atoms with Crippen molar-refractivity contribution in [2.45, 2.75) is 12.8 Å². The van der Waals surface area contributed by atoms with Crippen molar-refractivity contribution in [3.05, 3.63) is 80.7 Å². The van der Waals surface area contributed by atoms with Crippen molar-refractivity contribution < 1.29 is 44.7 Å². The lowest BCUT2D eigenvalue weighted by Gasteiger charge is -2.14. The third-order valence-electron chi connectivity index (χ3n) is 3.96. The largest absolute Gasteiger partial charge is 0.484 e. The zero-order valence-corrected chi connectivity index (χ0v) is 16.7. The van der Waals surface area contributed by atoms with Crippen molar-refractivity contribution in [2.24, 2.45) is 0 Å². The lowest BCUT2D eigenvalue weighted by Crippen LogP contribution is -2.20. The molecule has 1 amide bonds. The van der Waals surface area contributed by atoms with Gasteiger partial charge in [0.15, 0.2) is 29.0 Å². The van der Waals surface area contributed by atoms with Crippen molar-refractivity contribution in [2.75, 3.05) is 5.32 Å². The standard InChI is InChI=1S/C19H8Cl2F7NO3/c20-8-2-1-3-9(12(8)21)31-6-7-4-5-10(32-7)18(30)29-17-15(24)13(22)11(19(26,27)28)14(23)16(17)25/h1-5H,6H2,(H,29,30). The van der Waals surface area contributed by atoms with Crippen molar-refractivity contribution in [1.29, 1.82) is 0 Å². The van der Waals surface area contributed by atoms with Gasteiger partial charge in [-0.3, -0.25) is 4.79 Å². The van der Waals surface area contributed by atoms with Gasteiger partial charge >= 0.3 is 6.18 Å². The van der Waals surface area contributed by atoms with E-state index < -0.39 is 52.4 Å². The van der Waals surface area contributed by atoms with Crippen molar-refractivity contribution >= 4 is 34.8 Å². The predicted molar refractivity (Wildman–Crippen MR) is 98.7 cm³/mol. The SMILES string of the molecule is O=C(Nc1c(F)c(F)c(C(F)(F)F)c(F)c1F)c1ccc(COc2cccc(Cl)c2Cl)o1. The van der Waals surface area contributed by atoms with E-state index in [1.165, 1.54) is 23.5 Å². The highest BCUT2D eigenvalue weighted by molar-refractivity contribution is 6.42. The van der Waals surface area contributed by atoms with Crippen LogP contribution in [0.15, 0.2) is 34.7 Å². The molecule has 0 aliphatic heterocycles. The Bertz CT molecular complexity index is 1170. The molecule has 3 rings (SSSR count). The number of anilines is 1. The highest BCUT2D eigenvalue weighted by Gasteiger charge is 2.42. The van der Waals surface area contributed by atoms with E-state index in [1.807, 2.05) is 0 Å². The zero-order valence-electron chi connectivity index (χ0n) is 15.2. The summed E-state index contributed by atoms with van der Waals surface area (Å²) in [6, 6.07) is 6.81. The molecule has 3 aromatic rings. The Morgan fingerprint density at radius 1 is 0.969 bits per heavy atom. The Balaban J connectivity index is 1.79. The fourth-order valence-corrected chi connectivity index (χ4v) is 2.83. The number of benzene rings is 2. The summed E-state index contributed by atoms with van der Waals surface area (Å²) < 4.78 is 104. The Morgan fingerprint density at radius 3 is 2.19 bits per heavy atom. The highest BCUT2D eigenvalue weighted by Crippen LogP contribution is 2.38. The van der Waals surface area contributed by atoms with Crippen LogP contribution in [0.25, 0.3) is 0 Å². The summed E-state index contributed by atoms with van der Waals surface area (Å²) in [6.45, 7) is -0.264. The molecule has 0 aliphatic rings. The van der Waals surface area contributed by atoms with Crippen LogP contribution in [0.4, 0.5) is 36.4 Å². The molecule has 0 saturated carbocycles. The van der Waals surface area contributed by atoms with Crippen LogP contribution in [0.5, 0.6) is 5.75 Å². The Kier molecular flexibility index (Phi) is 6.61. The molecule has 1 N–H and O–H groups in total. The second-order valence-corrected chi connectivity index (χ2v) is 6.85. The molecule has 0 saturated heterocycles. The topological polar surface area (TPSA) is 51.5 Å². The van der Waals surface area contributed by atoms with Crippen LogP contribution >= 0.6 is 23.2 Å². The number of hydrogen-bond donors (Lipinski definition) is 1. The van der Waals surface area contributed by atoms with Crippen LogP contribution < -0.4 is 10.1 Å². The molecule has 0 aliphatic carbocycles. The van der Waals surface area contributed by atoms with Gasteiger partial charge in [0.1, 0.15) is 34.4 Å². The maximum atomic E-state index is 13.9. The first-order valence-corrected chi connectivity index (χ1v) is 9.07. The van der Waals surface area contributed by atoms with Gasteiger partial charge in [0, 0.05) is 0 Å². The van der Waals surface area contributed by atoms with Gasteiger partial charge in [-0.05, 0) is 24.3 Å². The fraction of sp³-hybridized carbons (Fsp3) is 0.105. The number of nitrogens with one attached hydrogen (secondary N) is 1. The molecule has 0 bridgehead atoms. The van der Waals surface area contributed by atoms with Crippen molar-refractivity contribution in [1.82, 2.24) is 0 Å². The van der Waals surface area contributed by atoms with E-state index in [0.717, 1.165) is 6.07 Å². The second kappa shape index (κ2) is 8.91. The third kappa shape index (κ3) is 4.63. The maximum absolute atomic E-state index is 13.9. The molecule has 32 heavy (non-hydrogen) atoms. The Hall–Kier alpha value is -2.92. The first-order chi connectivity index (χ1) is 14.9. The molecule has 170 valence electrons. The van der Waals surface area contributed by atoms with E-state index in [0.29, 0.717) is 0 Å². The summed E-state index contributed by atoms with van der Waals surface area (Å²) >= 11 is 11.8. The molecular weight excluding hydrogens is 494 g/mol. The summed E-state index contributed by atoms with van der Waals surface area (Å²) in [5.74, 6) is -12.1. The molecule has 1 aromatic heterocycles. The van der Waals surface area contributed by atoms with Gasteiger partial charge in [0.25, 0.3) is 5.91 Å². The van der Waals surface area contributed by atoms with Gasteiger partial charge in [0.2, 0.25) is 0 Å². The molecule has 0 radical (unpaired) electrons. The minimum atomic E-state index is -5.71. The summed E-state index contributed by atoms with van der Waals surface area (Å²) in [5.41, 5.74) is -4.51. The second-order valence-electron chi connectivity index (χ2n) is 6.06. The molecule has 13 heteroatoms. The number of amides is 1. The van der Waals surface area contributed by atoms with Crippen LogP contribution in [0.2, 0.25) is 10.0 Å². The quantitative estimate of drug-likeness (QED) is 0.302. The summed E-state index contributed by atoms with van der Waals surface area (Å²) in [6.07, 6.45) is -5.71. The summed E-state index contributed by atoms with van der Waals surface area (Å²) in [7, 11) is 0. The highest BCUT2D eigenvalue weighted by atomic mass is 35.5. The molecule has 0 unspecified atom stereocenters. The van der Waals surface area contributed by atoms with Gasteiger partial charge in [0.05, 0.1) is 5.02 Å². The van der Waals surface area contributed by atoms with Gasteiger partial charge in [-0.15, -0.1) is 0 Å². The van der Waals surface area contributed by atoms with Crippen LogP contribution in [-0.2, 0) is 12.8 Å². The summed E-state index contributed by atoms with van der Waals surface area (Å²) in [5, 5.41) is 1.77. The van der Waals surface area contributed by atoms with Crippen LogP contribution in [0.1, 0.15) is 21.9 Å². The number of hydrogen-bond acceptors (Lipinski definition) is 3. The molecule has 2 aromatic carbocycles. The Labute approximate surface area is 184 Å². The van der Waals surface area contributed by atoms with Gasteiger partial charge in [-0.1, -0.05) is 29.3 Å². The van der Waals surface area contributed by atoms with Gasteiger partial charge < -0.3 is 14.5 Å². The normalized spacial score (nSPS) is 11.5. The molecule has 0 atom stereocenters. The van der Waals surface area contributed by atoms with E-state index in [9.17, 15) is 35.5 Å². The number of ether oxygens (including phenoxy) is 1. The van der Waals surface area contributed by atoms with Crippen molar-refractivity contribution in [3.8, 4) is 5.75 Å². The molecule has 0 fully saturated rings. The number of carbonyl (C=O) groups excluding carboxylic acids is 1. The Morgan fingerprint density at radius 2 is 1.59 bits per heavy atom. The predicted octanol–water partition coefficient (Wildman–Crippen LogP) is 6.99.